The average Bonchev–Trinajstić information content (AvgIpc) is 2.45. The van der Waals surface area contributed by atoms with Crippen LogP contribution in [0.25, 0.3) is 0 Å². The van der Waals surface area contributed by atoms with Crippen molar-refractivity contribution in [1.29, 1.82) is 0 Å². The molecule has 2 N–H and O–H groups in total. The second-order valence-electron chi connectivity index (χ2n) is 3.96. The lowest BCUT2D eigenvalue weighted by Gasteiger charge is -2.04. The van der Waals surface area contributed by atoms with Crippen molar-refractivity contribution >= 4 is 50.9 Å². The summed E-state index contributed by atoms with van der Waals surface area (Å²) in [6.07, 6.45) is 0. The molecule has 0 radical (unpaired) electrons. The van der Waals surface area contributed by atoms with E-state index < -0.39 is 5.97 Å². The number of hydrogen-bond acceptors (Lipinski definition) is 3. The Morgan fingerprint density at radius 3 is 2.52 bits per heavy atom. The van der Waals surface area contributed by atoms with Crippen molar-refractivity contribution < 1.29 is 9.63 Å². The van der Waals surface area contributed by atoms with Crippen molar-refractivity contribution in [1.82, 2.24) is 0 Å². The molecule has 0 aliphatic rings. The minimum Gasteiger partial charge on any atom is -0.380 e. The zero-order valence-corrected chi connectivity index (χ0v) is 13.6. The van der Waals surface area contributed by atoms with Crippen LogP contribution in [0.2, 0.25) is 10.0 Å². The summed E-state index contributed by atoms with van der Waals surface area (Å²) in [7, 11) is 0. The zero-order valence-electron chi connectivity index (χ0n) is 10.5. The van der Waals surface area contributed by atoms with Gasteiger partial charge in [-0.3, -0.25) is 0 Å². The minimum atomic E-state index is -0.629. The van der Waals surface area contributed by atoms with E-state index in [1.807, 2.05) is 0 Å². The summed E-state index contributed by atoms with van der Waals surface area (Å²) in [5.41, 5.74) is 6.52. The van der Waals surface area contributed by atoms with Crippen LogP contribution in [-0.4, -0.2) is 11.8 Å². The number of rotatable bonds is 3. The standard InChI is InChI=1S/C14H9BrCl2N2O2/c15-11-4-2-1-3-9(11)14(20)21-19-13(18)10-6-5-8(16)7-12(10)17/h1-7H,(H2,18,19). The summed E-state index contributed by atoms with van der Waals surface area (Å²) in [5.74, 6) is -0.646. The molecule has 0 saturated heterocycles. The molecule has 2 aromatic rings. The van der Waals surface area contributed by atoms with Gasteiger partial charge in [-0.25, -0.2) is 4.79 Å². The predicted octanol–water partition coefficient (Wildman–Crippen LogP) is 4.23. The maximum absolute atomic E-state index is 11.9. The van der Waals surface area contributed by atoms with Crippen molar-refractivity contribution in [2.45, 2.75) is 0 Å². The Hall–Kier alpha value is -1.56. The number of amidine groups is 1. The highest BCUT2D eigenvalue weighted by molar-refractivity contribution is 9.10. The fraction of sp³-hybridized carbons (Fsp3) is 0. The van der Waals surface area contributed by atoms with Crippen LogP contribution in [0.4, 0.5) is 0 Å². The van der Waals surface area contributed by atoms with E-state index >= 15 is 0 Å². The Labute approximate surface area is 139 Å². The topological polar surface area (TPSA) is 64.7 Å². The molecule has 0 aliphatic heterocycles. The van der Waals surface area contributed by atoms with Crippen LogP contribution in [-0.2, 0) is 4.84 Å². The Balaban J connectivity index is 2.17. The first-order valence-electron chi connectivity index (χ1n) is 5.74. The van der Waals surface area contributed by atoms with E-state index in [9.17, 15) is 4.79 Å². The van der Waals surface area contributed by atoms with E-state index in [1.54, 1.807) is 36.4 Å². The van der Waals surface area contributed by atoms with E-state index in [0.29, 0.717) is 25.6 Å². The maximum Gasteiger partial charge on any atom is 0.366 e. The Bertz CT molecular complexity index is 720. The zero-order chi connectivity index (χ0) is 15.4. The van der Waals surface area contributed by atoms with E-state index in [4.69, 9.17) is 33.8 Å². The molecule has 4 nitrogen and oxygen atoms in total. The van der Waals surface area contributed by atoms with Gasteiger partial charge < -0.3 is 10.6 Å². The van der Waals surface area contributed by atoms with Crippen molar-refractivity contribution in [3.63, 3.8) is 0 Å². The first kappa shape index (κ1) is 15.8. The fourth-order valence-corrected chi connectivity index (χ4v) is 2.46. The number of benzene rings is 2. The molecule has 0 unspecified atom stereocenters. The highest BCUT2D eigenvalue weighted by atomic mass is 79.9. The van der Waals surface area contributed by atoms with Gasteiger partial charge in [-0.1, -0.05) is 40.5 Å². The number of nitrogens with zero attached hydrogens (tertiary/aromatic N) is 1. The van der Waals surface area contributed by atoms with Gasteiger partial charge in [-0.05, 0) is 46.3 Å². The van der Waals surface area contributed by atoms with Crippen LogP contribution in [0.15, 0.2) is 52.1 Å². The van der Waals surface area contributed by atoms with Crippen molar-refractivity contribution in [2.24, 2.45) is 10.9 Å². The number of nitrogens with two attached hydrogens (primary N) is 1. The molecule has 0 amide bonds. The summed E-state index contributed by atoms with van der Waals surface area (Å²) >= 11 is 15.0. The molecule has 7 heteroatoms. The second-order valence-corrected chi connectivity index (χ2v) is 5.66. The molecule has 0 bridgehead atoms. The van der Waals surface area contributed by atoms with Gasteiger partial charge >= 0.3 is 5.97 Å². The summed E-state index contributed by atoms with van der Waals surface area (Å²) in [6.45, 7) is 0. The highest BCUT2D eigenvalue weighted by Crippen LogP contribution is 2.21. The first-order chi connectivity index (χ1) is 9.99. The summed E-state index contributed by atoms with van der Waals surface area (Å²) in [6, 6.07) is 11.6. The minimum absolute atomic E-state index is 0.0166. The Morgan fingerprint density at radius 1 is 1.14 bits per heavy atom. The molecule has 108 valence electrons. The molecular weight excluding hydrogens is 379 g/mol. The quantitative estimate of drug-likeness (QED) is 0.371. The van der Waals surface area contributed by atoms with E-state index in [0.717, 1.165) is 0 Å². The number of oxime groups is 1. The van der Waals surface area contributed by atoms with Crippen LogP contribution >= 0.6 is 39.1 Å². The molecule has 0 atom stereocenters. The molecule has 21 heavy (non-hydrogen) atoms. The fourth-order valence-electron chi connectivity index (χ4n) is 1.51. The maximum atomic E-state index is 11.9. The van der Waals surface area contributed by atoms with E-state index in [1.165, 1.54) is 6.07 Å². The molecular formula is C14H9BrCl2N2O2. The normalized spacial score (nSPS) is 11.3. The summed E-state index contributed by atoms with van der Waals surface area (Å²) in [5, 5.41) is 4.39. The molecule has 0 aromatic heterocycles. The third-order valence-corrected chi connectivity index (χ3v) is 3.77. The molecule has 0 fully saturated rings. The smallest absolute Gasteiger partial charge is 0.366 e. The number of halogens is 3. The number of hydrogen-bond donors (Lipinski definition) is 1. The molecule has 0 spiro atoms. The van der Waals surface area contributed by atoms with Crippen molar-refractivity contribution in [3.8, 4) is 0 Å². The third kappa shape index (κ3) is 3.97. The van der Waals surface area contributed by atoms with Gasteiger partial charge in [0.05, 0.1) is 10.6 Å². The lowest BCUT2D eigenvalue weighted by molar-refractivity contribution is 0.0515. The van der Waals surface area contributed by atoms with Gasteiger partial charge in [-0.2, -0.15) is 0 Å². The molecule has 0 heterocycles. The summed E-state index contributed by atoms with van der Waals surface area (Å²) in [4.78, 5) is 16.7. The third-order valence-electron chi connectivity index (χ3n) is 2.53. The Kier molecular flexibility index (Phi) is 5.22. The number of carbonyl (C=O) groups excluding carboxylic acids is 1. The molecule has 2 rings (SSSR count). The average molecular weight is 388 g/mol. The lowest BCUT2D eigenvalue weighted by Crippen LogP contribution is -2.16. The van der Waals surface area contributed by atoms with Crippen LogP contribution in [0.1, 0.15) is 15.9 Å². The molecule has 2 aromatic carbocycles. The van der Waals surface area contributed by atoms with Gasteiger partial charge in [0.25, 0.3) is 0 Å². The van der Waals surface area contributed by atoms with Crippen LogP contribution in [0.5, 0.6) is 0 Å². The molecule has 0 aliphatic carbocycles. The SMILES string of the molecule is N/C(=N\OC(=O)c1ccccc1Br)c1ccc(Cl)cc1Cl. The summed E-state index contributed by atoms with van der Waals surface area (Å²) < 4.78 is 0.605. The van der Waals surface area contributed by atoms with Gasteiger partial charge in [0.1, 0.15) is 0 Å². The lowest BCUT2D eigenvalue weighted by atomic mass is 10.2. The van der Waals surface area contributed by atoms with Crippen LogP contribution < -0.4 is 5.73 Å². The number of carbonyl (C=O) groups is 1. The largest absolute Gasteiger partial charge is 0.380 e. The van der Waals surface area contributed by atoms with E-state index in [-0.39, 0.29) is 5.84 Å². The predicted molar refractivity (Wildman–Crippen MR) is 86.7 cm³/mol. The van der Waals surface area contributed by atoms with Gasteiger partial charge in [0, 0.05) is 15.1 Å². The van der Waals surface area contributed by atoms with Crippen molar-refractivity contribution in [3.05, 3.63) is 68.1 Å². The second kappa shape index (κ2) is 6.93. The van der Waals surface area contributed by atoms with Gasteiger partial charge in [0.15, 0.2) is 5.84 Å². The highest BCUT2D eigenvalue weighted by Gasteiger charge is 2.12. The van der Waals surface area contributed by atoms with Gasteiger partial charge in [0.2, 0.25) is 0 Å². The monoisotopic (exact) mass is 386 g/mol. The Morgan fingerprint density at radius 2 is 1.86 bits per heavy atom. The van der Waals surface area contributed by atoms with Crippen LogP contribution in [0, 0.1) is 0 Å². The van der Waals surface area contributed by atoms with Crippen LogP contribution in [0.3, 0.4) is 0 Å². The van der Waals surface area contributed by atoms with Crippen molar-refractivity contribution in [2.75, 3.05) is 0 Å². The molecule has 0 saturated carbocycles. The first-order valence-corrected chi connectivity index (χ1v) is 7.28. The van der Waals surface area contributed by atoms with E-state index in [2.05, 4.69) is 21.1 Å². The van der Waals surface area contributed by atoms with Gasteiger partial charge in [-0.15, -0.1) is 0 Å².